The Morgan fingerprint density at radius 3 is 2.15 bits per heavy atom. The van der Waals surface area contributed by atoms with E-state index in [4.69, 9.17) is 4.74 Å². The lowest BCUT2D eigenvalue weighted by Gasteiger charge is -2.18. The zero-order valence-electron chi connectivity index (χ0n) is 17.8. The molecular weight excluding hydrogens is 479 g/mol. The van der Waals surface area contributed by atoms with Crippen LogP contribution in [-0.4, -0.2) is 54.2 Å². The van der Waals surface area contributed by atoms with E-state index >= 15 is 0 Å². The Kier molecular flexibility index (Phi) is 9.05. The number of ether oxygens (including phenoxy) is 1. The second-order valence-electron chi connectivity index (χ2n) is 6.78. The number of amides is 1. The molecule has 2 aromatic rings. The summed E-state index contributed by atoms with van der Waals surface area (Å²) in [7, 11) is -8.29. The molecule has 2 rings (SSSR count). The molecule has 180 valence electrons. The highest BCUT2D eigenvalue weighted by Crippen LogP contribution is 2.14. The third-order valence-electron chi connectivity index (χ3n) is 4.06. The van der Waals surface area contributed by atoms with E-state index in [0.29, 0.717) is 5.56 Å². The highest BCUT2D eigenvalue weighted by atomic mass is 32.2. The number of carbonyl (C=O) groups is 2. The normalized spacial score (nSPS) is 12.7. The van der Waals surface area contributed by atoms with Crippen molar-refractivity contribution in [1.82, 2.24) is 4.72 Å². The summed E-state index contributed by atoms with van der Waals surface area (Å²) in [5, 5.41) is 2.45. The van der Waals surface area contributed by atoms with Crippen LogP contribution >= 0.6 is 0 Å². The van der Waals surface area contributed by atoms with Gasteiger partial charge in [-0.2, -0.15) is 13.1 Å². The minimum Gasteiger partial charge on any atom is -0.466 e. The second-order valence-corrected chi connectivity index (χ2v) is 10.1. The van der Waals surface area contributed by atoms with E-state index in [1.165, 1.54) is 12.1 Å². The molecule has 0 aromatic heterocycles. The first kappa shape index (κ1) is 26.4. The SMILES string of the molecule is CCOC(=O)Cc1ccc(NC(=O)C(COS(C)(=O)=O)NS(=O)(=O)c2ccc(F)cc2)cc1. The first-order valence-corrected chi connectivity index (χ1v) is 12.9. The molecule has 0 aliphatic carbocycles. The van der Waals surface area contributed by atoms with Crippen molar-refractivity contribution in [1.29, 1.82) is 0 Å². The maximum Gasteiger partial charge on any atom is 0.310 e. The number of benzene rings is 2. The molecule has 0 aliphatic heterocycles. The predicted octanol–water partition coefficient (Wildman–Crippen LogP) is 1.19. The number of anilines is 1. The first-order valence-electron chi connectivity index (χ1n) is 9.57. The molecule has 0 spiro atoms. The number of rotatable bonds is 11. The number of nitrogens with one attached hydrogen (secondary N) is 2. The maximum atomic E-state index is 13.1. The molecule has 2 N–H and O–H groups in total. The van der Waals surface area contributed by atoms with Gasteiger partial charge in [-0.3, -0.25) is 13.8 Å². The van der Waals surface area contributed by atoms with Crippen molar-refractivity contribution in [2.45, 2.75) is 24.3 Å². The largest absolute Gasteiger partial charge is 0.466 e. The fraction of sp³-hybridized carbons (Fsp3) is 0.300. The lowest BCUT2D eigenvalue weighted by Crippen LogP contribution is -2.47. The highest BCUT2D eigenvalue weighted by Gasteiger charge is 2.27. The van der Waals surface area contributed by atoms with Crippen LogP contribution < -0.4 is 10.0 Å². The summed E-state index contributed by atoms with van der Waals surface area (Å²) in [5.41, 5.74) is 0.887. The summed E-state index contributed by atoms with van der Waals surface area (Å²) in [6.07, 6.45) is 0.781. The lowest BCUT2D eigenvalue weighted by atomic mass is 10.1. The van der Waals surface area contributed by atoms with Crippen LogP contribution in [0.3, 0.4) is 0 Å². The first-order chi connectivity index (χ1) is 15.4. The Bertz CT molecular complexity index is 1180. The minimum atomic E-state index is -4.31. The van der Waals surface area contributed by atoms with Crippen LogP contribution in [0, 0.1) is 5.82 Å². The van der Waals surface area contributed by atoms with Gasteiger partial charge in [0.15, 0.2) is 0 Å². The quantitative estimate of drug-likeness (QED) is 0.344. The van der Waals surface area contributed by atoms with Crippen LogP contribution in [0.25, 0.3) is 0 Å². The summed E-state index contributed by atoms with van der Waals surface area (Å²) in [5.74, 6) is -1.97. The molecule has 1 amide bonds. The molecule has 10 nitrogen and oxygen atoms in total. The average molecular weight is 503 g/mol. The van der Waals surface area contributed by atoms with Crippen molar-refractivity contribution in [3.05, 3.63) is 59.9 Å². The van der Waals surface area contributed by atoms with Gasteiger partial charge in [0.05, 0.1) is 30.8 Å². The number of halogens is 1. The molecule has 0 aliphatic rings. The molecule has 0 heterocycles. The predicted molar refractivity (Wildman–Crippen MR) is 117 cm³/mol. The molecule has 0 fully saturated rings. The van der Waals surface area contributed by atoms with Crippen LogP contribution in [0.1, 0.15) is 12.5 Å². The molecule has 0 radical (unpaired) electrons. The maximum absolute atomic E-state index is 13.1. The number of sulfonamides is 1. The van der Waals surface area contributed by atoms with E-state index in [0.717, 1.165) is 30.5 Å². The van der Waals surface area contributed by atoms with E-state index in [1.54, 1.807) is 19.1 Å². The highest BCUT2D eigenvalue weighted by molar-refractivity contribution is 7.89. The smallest absolute Gasteiger partial charge is 0.310 e. The van der Waals surface area contributed by atoms with E-state index in [9.17, 15) is 30.8 Å². The van der Waals surface area contributed by atoms with E-state index in [1.807, 2.05) is 0 Å². The summed E-state index contributed by atoms with van der Waals surface area (Å²) >= 11 is 0. The second kappa shape index (κ2) is 11.3. The molecule has 2 aromatic carbocycles. The molecular formula is C20H23FN2O8S2. The zero-order valence-corrected chi connectivity index (χ0v) is 19.4. The van der Waals surface area contributed by atoms with E-state index in [-0.39, 0.29) is 23.6 Å². The molecule has 0 saturated heterocycles. The molecule has 1 unspecified atom stereocenters. The number of hydrogen-bond acceptors (Lipinski definition) is 8. The summed E-state index contributed by atoms with van der Waals surface area (Å²) < 4.78 is 72.5. The van der Waals surface area contributed by atoms with Gasteiger partial charge < -0.3 is 10.1 Å². The van der Waals surface area contributed by atoms with Crippen molar-refractivity contribution in [2.24, 2.45) is 0 Å². The standard InChI is InChI=1S/C20H23FN2O8S2/c1-3-30-19(24)12-14-4-8-16(9-5-14)22-20(25)18(13-31-32(2,26)27)23-33(28,29)17-10-6-15(21)7-11-17/h4-11,18,23H,3,12-13H2,1-2H3,(H,22,25). The number of esters is 1. The lowest BCUT2D eigenvalue weighted by molar-refractivity contribution is -0.142. The Morgan fingerprint density at radius 2 is 1.61 bits per heavy atom. The fourth-order valence-corrected chi connectivity index (χ4v) is 4.10. The number of carbonyl (C=O) groups excluding carboxylic acids is 2. The third-order valence-corrected chi connectivity index (χ3v) is 6.11. The van der Waals surface area contributed by atoms with Gasteiger partial charge in [-0.1, -0.05) is 12.1 Å². The average Bonchev–Trinajstić information content (AvgIpc) is 2.72. The van der Waals surface area contributed by atoms with Crippen LogP contribution in [0.4, 0.5) is 10.1 Å². The van der Waals surface area contributed by atoms with Gasteiger partial charge in [0.2, 0.25) is 15.9 Å². The van der Waals surface area contributed by atoms with Crippen LogP contribution in [0.2, 0.25) is 0 Å². The molecule has 1 atom stereocenters. The summed E-state index contributed by atoms with van der Waals surface area (Å²) in [6.45, 7) is 1.12. The van der Waals surface area contributed by atoms with Gasteiger partial charge >= 0.3 is 5.97 Å². The third kappa shape index (κ3) is 8.88. The van der Waals surface area contributed by atoms with Crippen LogP contribution in [0.5, 0.6) is 0 Å². The topological polar surface area (TPSA) is 145 Å². The Morgan fingerprint density at radius 1 is 1.00 bits per heavy atom. The van der Waals surface area contributed by atoms with Crippen LogP contribution in [-0.2, 0) is 45.1 Å². The van der Waals surface area contributed by atoms with Crippen molar-refractivity contribution < 1.29 is 39.7 Å². The molecule has 0 saturated carbocycles. The van der Waals surface area contributed by atoms with E-state index < -0.39 is 50.5 Å². The van der Waals surface area contributed by atoms with Crippen molar-refractivity contribution >= 4 is 37.7 Å². The van der Waals surface area contributed by atoms with Gasteiger partial charge in [0.1, 0.15) is 11.9 Å². The monoisotopic (exact) mass is 502 g/mol. The Hall–Kier alpha value is -2.87. The van der Waals surface area contributed by atoms with E-state index in [2.05, 4.69) is 14.2 Å². The molecule has 33 heavy (non-hydrogen) atoms. The van der Waals surface area contributed by atoms with Gasteiger partial charge in [-0.25, -0.2) is 12.8 Å². The molecule has 0 bridgehead atoms. The van der Waals surface area contributed by atoms with Crippen molar-refractivity contribution in [3.63, 3.8) is 0 Å². The van der Waals surface area contributed by atoms with Gasteiger partial charge in [0.25, 0.3) is 10.1 Å². The Balaban J connectivity index is 2.16. The fourth-order valence-electron chi connectivity index (χ4n) is 2.54. The zero-order chi connectivity index (χ0) is 24.6. The number of hydrogen-bond donors (Lipinski definition) is 2. The van der Waals surface area contributed by atoms with Gasteiger partial charge in [0, 0.05) is 5.69 Å². The van der Waals surface area contributed by atoms with Gasteiger partial charge in [-0.05, 0) is 48.9 Å². The van der Waals surface area contributed by atoms with Gasteiger partial charge in [-0.15, -0.1) is 0 Å². The minimum absolute atomic E-state index is 0.0321. The van der Waals surface area contributed by atoms with Crippen LogP contribution in [0.15, 0.2) is 53.4 Å². The van der Waals surface area contributed by atoms with Crippen molar-refractivity contribution in [2.75, 3.05) is 24.8 Å². The Labute approximate surface area is 191 Å². The molecule has 13 heteroatoms. The summed E-state index contributed by atoms with van der Waals surface area (Å²) in [4.78, 5) is 23.9. The summed E-state index contributed by atoms with van der Waals surface area (Å²) in [6, 6.07) is 8.30. The van der Waals surface area contributed by atoms with Crippen molar-refractivity contribution in [3.8, 4) is 0 Å².